The van der Waals surface area contributed by atoms with Gasteiger partial charge >= 0.3 is 0 Å². The van der Waals surface area contributed by atoms with E-state index >= 15 is 0 Å². The monoisotopic (exact) mass is 329 g/mol. The number of rotatable bonds is 4. The molecular weight excluding hydrogens is 321 g/mol. The zero-order valence-corrected chi connectivity index (χ0v) is 12.4. The summed E-state index contributed by atoms with van der Waals surface area (Å²) in [5.74, 6) is -0.179. The third kappa shape index (κ3) is 4.00. The number of anilines is 1. The first kappa shape index (κ1) is 14.9. The predicted octanol–water partition coefficient (Wildman–Crippen LogP) is 2.81. The van der Waals surface area contributed by atoms with Gasteiger partial charge in [-0.1, -0.05) is 41.0 Å². The second-order valence-corrected chi connectivity index (χ2v) is 5.43. The minimum Gasteiger partial charge on any atom is -0.324 e. The Bertz CT molecular complexity index is 690. The maximum Gasteiger partial charge on any atom is 0.251 e. The minimum atomic E-state index is -0.273. The van der Waals surface area contributed by atoms with Crippen LogP contribution in [0.15, 0.2) is 40.4 Å². The Morgan fingerprint density at radius 1 is 1.35 bits per heavy atom. The van der Waals surface area contributed by atoms with Gasteiger partial charge in [0, 0.05) is 12.3 Å². The second kappa shape index (κ2) is 6.78. The Morgan fingerprint density at radius 2 is 2.15 bits per heavy atom. The molecule has 0 fully saturated rings. The van der Waals surface area contributed by atoms with Crippen LogP contribution >= 0.6 is 35.0 Å². The number of aromatic amines is 1. The molecule has 0 saturated carbocycles. The van der Waals surface area contributed by atoms with Crippen LogP contribution in [0.1, 0.15) is 0 Å². The molecule has 5 nitrogen and oxygen atoms in total. The lowest BCUT2D eigenvalue weighted by Crippen LogP contribution is -2.15. The van der Waals surface area contributed by atoms with Crippen molar-refractivity contribution in [3.63, 3.8) is 0 Å². The van der Waals surface area contributed by atoms with Crippen molar-refractivity contribution < 1.29 is 4.79 Å². The van der Waals surface area contributed by atoms with Crippen molar-refractivity contribution in [1.29, 1.82) is 0 Å². The number of thioether (sulfide) groups is 1. The van der Waals surface area contributed by atoms with E-state index < -0.39 is 0 Å². The average molecular weight is 330 g/mol. The smallest absolute Gasteiger partial charge is 0.251 e. The van der Waals surface area contributed by atoms with Crippen molar-refractivity contribution in [3.05, 3.63) is 50.9 Å². The summed E-state index contributed by atoms with van der Waals surface area (Å²) in [7, 11) is 0. The number of amides is 1. The molecule has 0 saturated heterocycles. The van der Waals surface area contributed by atoms with Gasteiger partial charge in [-0.3, -0.25) is 9.59 Å². The quantitative estimate of drug-likeness (QED) is 0.668. The van der Waals surface area contributed by atoms with Gasteiger partial charge in [0.2, 0.25) is 5.91 Å². The van der Waals surface area contributed by atoms with Crippen LogP contribution in [-0.4, -0.2) is 21.6 Å². The second-order valence-electron chi connectivity index (χ2n) is 3.68. The lowest BCUT2D eigenvalue weighted by Gasteiger charge is -2.07. The van der Waals surface area contributed by atoms with Gasteiger partial charge in [0.05, 0.1) is 21.5 Å². The molecule has 1 aromatic carbocycles. The van der Waals surface area contributed by atoms with Crippen LogP contribution in [0.3, 0.4) is 0 Å². The van der Waals surface area contributed by atoms with Crippen LogP contribution in [0, 0.1) is 0 Å². The van der Waals surface area contributed by atoms with E-state index in [0.717, 1.165) is 11.8 Å². The fraction of sp³-hybridized carbons (Fsp3) is 0.0833. The highest BCUT2D eigenvalue weighted by molar-refractivity contribution is 7.99. The van der Waals surface area contributed by atoms with E-state index in [1.165, 1.54) is 12.3 Å². The van der Waals surface area contributed by atoms with Crippen molar-refractivity contribution in [1.82, 2.24) is 9.97 Å². The van der Waals surface area contributed by atoms with Crippen LogP contribution in [0.5, 0.6) is 0 Å². The number of carbonyl (C=O) groups is 1. The number of benzene rings is 1. The summed E-state index contributed by atoms with van der Waals surface area (Å²) in [5, 5.41) is 3.68. The van der Waals surface area contributed by atoms with Gasteiger partial charge in [-0.25, -0.2) is 4.98 Å². The molecule has 1 amide bonds. The first-order chi connectivity index (χ1) is 9.56. The highest BCUT2D eigenvalue weighted by Gasteiger charge is 2.09. The van der Waals surface area contributed by atoms with E-state index in [0.29, 0.717) is 20.9 Å². The summed E-state index contributed by atoms with van der Waals surface area (Å²) in [4.78, 5) is 29.3. The van der Waals surface area contributed by atoms with E-state index in [1.807, 2.05) is 0 Å². The van der Waals surface area contributed by atoms with E-state index in [4.69, 9.17) is 23.2 Å². The Hall–Kier alpha value is -1.50. The van der Waals surface area contributed by atoms with Crippen LogP contribution in [0.2, 0.25) is 10.0 Å². The van der Waals surface area contributed by atoms with E-state index in [1.54, 1.807) is 18.2 Å². The predicted molar refractivity (Wildman–Crippen MR) is 80.7 cm³/mol. The Balaban J connectivity index is 1.96. The largest absolute Gasteiger partial charge is 0.324 e. The molecule has 0 radical (unpaired) electrons. The van der Waals surface area contributed by atoms with Gasteiger partial charge in [0.25, 0.3) is 5.56 Å². The Labute approximate surface area is 128 Å². The number of aromatic nitrogens is 2. The van der Waals surface area contributed by atoms with Gasteiger partial charge < -0.3 is 10.3 Å². The SMILES string of the molecule is O=C(CSc1nccc(=O)[nH]1)Nc1cccc(Cl)c1Cl. The molecule has 0 aliphatic rings. The Morgan fingerprint density at radius 3 is 2.90 bits per heavy atom. The third-order valence-corrected chi connectivity index (χ3v) is 3.92. The van der Waals surface area contributed by atoms with E-state index in [-0.39, 0.29) is 17.2 Å². The molecule has 0 unspecified atom stereocenters. The molecule has 0 aliphatic carbocycles. The molecular formula is C12H9Cl2N3O2S. The number of hydrogen-bond donors (Lipinski definition) is 2. The van der Waals surface area contributed by atoms with Crippen LogP contribution in [-0.2, 0) is 4.79 Å². The van der Waals surface area contributed by atoms with Crippen molar-refractivity contribution in [2.45, 2.75) is 5.16 Å². The molecule has 0 aliphatic heterocycles. The van der Waals surface area contributed by atoms with Crippen LogP contribution in [0.4, 0.5) is 5.69 Å². The van der Waals surface area contributed by atoms with Crippen molar-refractivity contribution in [2.24, 2.45) is 0 Å². The number of H-pyrrole nitrogens is 1. The molecule has 1 heterocycles. The number of nitrogens with zero attached hydrogens (tertiary/aromatic N) is 1. The van der Waals surface area contributed by atoms with E-state index in [2.05, 4.69) is 15.3 Å². The Kier molecular flexibility index (Phi) is 5.05. The fourth-order valence-electron chi connectivity index (χ4n) is 1.35. The van der Waals surface area contributed by atoms with E-state index in [9.17, 15) is 9.59 Å². The molecule has 2 N–H and O–H groups in total. The summed E-state index contributed by atoms with van der Waals surface area (Å²) in [6.07, 6.45) is 1.38. The number of carbonyl (C=O) groups excluding carboxylic acids is 1. The normalized spacial score (nSPS) is 10.3. The molecule has 20 heavy (non-hydrogen) atoms. The maximum atomic E-state index is 11.8. The standard InChI is InChI=1S/C12H9Cl2N3O2S/c13-7-2-1-3-8(11(7)14)16-10(19)6-20-12-15-5-4-9(18)17-12/h1-5H,6H2,(H,16,19)(H,15,17,18). The first-order valence-electron chi connectivity index (χ1n) is 5.48. The summed E-state index contributed by atoms with van der Waals surface area (Å²) in [5.41, 5.74) is 0.181. The molecule has 0 spiro atoms. The fourth-order valence-corrected chi connectivity index (χ4v) is 2.34. The zero-order chi connectivity index (χ0) is 14.5. The van der Waals surface area contributed by atoms with Crippen LogP contribution < -0.4 is 10.9 Å². The van der Waals surface area contributed by atoms with Crippen LogP contribution in [0.25, 0.3) is 0 Å². The topological polar surface area (TPSA) is 74.8 Å². The molecule has 104 valence electrons. The van der Waals surface area contributed by atoms with Crippen molar-refractivity contribution in [3.8, 4) is 0 Å². The molecule has 0 bridgehead atoms. The van der Waals surface area contributed by atoms with Gasteiger partial charge in [-0.05, 0) is 12.1 Å². The highest BCUT2D eigenvalue weighted by atomic mass is 35.5. The van der Waals surface area contributed by atoms with Gasteiger partial charge in [0.1, 0.15) is 0 Å². The summed E-state index contributed by atoms with van der Waals surface area (Å²) >= 11 is 12.9. The minimum absolute atomic E-state index is 0.0931. The lowest BCUT2D eigenvalue weighted by molar-refractivity contribution is -0.113. The van der Waals surface area contributed by atoms with Gasteiger partial charge in [-0.15, -0.1) is 0 Å². The lowest BCUT2D eigenvalue weighted by atomic mass is 10.3. The summed E-state index contributed by atoms with van der Waals surface area (Å²) in [6.45, 7) is 0. The third-order valence-electron chi connectivity index (χ3n) is 2.21. The van der Waals surface area contributed by atoms with Gasteiger partial charge in [-0.2, -0.15) is 0 Å². The van der Waals surface area contributed by atoms with Gasteiger partial charge in [0.15, 0.2) is 5.16 Å². The number of hydrogen-bond acceptors (Lipinski definition) is 4. The van der Waals surface area contributed by atoms with Crippen molar-refractivity contribution >= 4 is 46.6 Å². The summed E-state index contributed by atoms with van der Waals surface area (Å²) in [6, 6.07) is 6.27. The molecule has 8 heteroatoms. The number of nitrogens with one attached hydrogen (secondary N) is 2. The zero-order valence-electron chi connectivity index (χ0n) is 10.0. The molecule has 1 aromatic heterocycles. The average Bonchev–Trinajstić information content (AvgIpc) is 2.42. The first-order valence-corrected chi connectivity index (χ1v) is 7.22. The van der Waals surface area contributed by atoms with Crippen molar-refractivity contribution in [2.75, 3.05) is 11.1 Å². The molecule has 2 rings (SSSR count). The molecule has 2 aromatic rings. The molecule has 0 atom stereocenters. The number of halogens is 2. The highest BCUT2D eigenvalue weighted by Crippen LogP contribution is 2.29. The summed E-state index contributed by atoms with van der Waals surface area (Å²) < 4.78 is 0. The maximum absolute atomic E-state index is 11.8.